The van der Waals surface area contributed by atoms with E-state index >= 15 is 0 Å². The van der Waals surface area contributed by atoms with E-state index < -0.39 is 0 Å². The molecule has 4 nitrogen and oxygen atoms in total. The molecule has 3 rings (SSSR count). The van der Waals surface area contributed by atoms with Crippen LogP contribution in [0, 0.1) is 6.92 Å². The first-order chi connectivity index (χ1) is 9.59. The van der Waals surface area contributed by atoms with E-state index in [-0.39, 0.29) is 12.1 Å². The number of nitrogens with zero attached hydrogens (tertiary/aromatic N) is 3. The van der Waals surface area contributed by atoms with Crippen LogP contribution in [0.5, 0.6) is 0 Å². The van der Waals surface area contributed by atoms with Gasteiger partial charge in [0.05, 0.1) is 17.8 Å². The van der Waals surface area contributed by atoms with E-state index in [1.807, 2.05) is 31.4 Å². The maximum atomic E-state index is 5.42. The lowest BCUT2D eigenvalue weighted by Gasteiger charge is -2.25. The topological polar surface area (TPSA) is 33.1 Å². The molecule has 0 aliphatic carbocycles. The molecule has 0 aromatic carbocycles. The van der Waals surface area contributed by atoms with Crippen LogP contribution in [-0.2, 0) is 7.05 Å². The highest BCUT2D eigenvalue weighted by molar-refractivity contribution is 7.80. The summed E-state index contributed by atoms with van der Waals surface area (Å²) in [5.74, 6) is 0. The van der Waals surface area contributed by atoms with E-state index in [2.05, 4.69) is 45.9 Å². The lowest BCUT2D eigenvalue weighted by atomic mass is 10.0. The van der Waals surface area contributed by atoms with E-state index in [0.29, 0.717) is 0 Å². The van der Waals surface area contributed by atoms with Crippen LogP contribution in [0.4, 0.5) is 0 Å². The SMILES string of the molecule is Cc1ccc([C@H]2[C@H](c3ccccn3)NC(=S)N2C)n1C. The van der Waals surface area contributed by atoms with Crippen molar-refractivity contribution in [1.29, 1.82) is 0 Å². The smallest absolute Gasteiger partial charge is 0.169 e. The van der Waals surface area contributed by atoms with Crippen LogP contribution in [0.3, 0.4) is 0 Å². The van der Waals surface area contributed by atoms with Crippen molar-refractivity contribution in [3.05, 3.63) is 53.6 Å². The third kappa shape index (κ3) is 1.98. The van der Waals surface area contributed by atoms with Crippen molar-refractivity contribution in [2.75, 3.05) is 7.05 Å². The fourth-order valence-electron chi connectivity index (χ4n) is 2.76. The van der Waals surface area contributed by atoms with Crippen LogP contribution >= 0.6 is 12.2 Å². The van der Waals surface area contributed by atoms with E-state index in [9.17, 15) is 0 Å². The van der Waals surface area contributed by atoms with E-state index in [4.69, 9.17) is 12.2 Å². The Morgan fingerprint density at radius 3 is 2.60 bits per heavy atom. The molecule has 0 radical (unpaired) electrons. The normalized spacial score (nSPS) is 22.1. The number of pyridine rings is 1. The van der Waals surface area contributed by atoms with Gasteiger partial charge in [0.25, 0.3) is 0 Å². The summed E-state index contributed by atoms with van der Waals surface area (Å²) >= 11 is 5.42. The quantitative estimate of drug-likeness (QED) is 0.859. The minimum atomic E-state index is 0.0849. The van der Waals surface area contributed by atoms with Crippen LogP contribution in [0.25, 0.3) is 0 Å². The van der Waals surface area contributed by atoms with Crippen LogP contribution in [0.1, 0.15) is 29.2 Å². The van der Waals surface area contributed by atoms with Gasteiger partial charge in [-0.15, -0.1) is 0 Å². The molecule has 3 heterocycles. The maximum absolute atomic E-state index is 5.42. The Hall–Kier alpha value is -1.88. The molecule has 1 N–H and O–H groups in total. The molecule has 0 saturated carbocycles. The van der Waals surface area contributed by atoms with Gasteiger partial charge in [-0.3, -0.25) is 4.98 Å². The number of hydrogen-bond donors (Lipinski definition) is 1. The molecular formula is C15H18N4S. The van der Waals surface area contributed by atoms with Crippen molar-refractivity contribution in [3.8, 4) is 0 Å². The number of aryl methyl sites for hydroxylation is 1. The van der Waals surface area contributed by atoms with Gasteiger partial charge in [0, 0.05) is 31.7 Å². The molecule has 1 aliphatic heterocycles. The molecular weight excluding hydrogens is 268 g/mol. The summed E-state index contributed by atoms with van der Waals surface area (Å²) in [5, 5.41) is 4.15. The Bertz CT molecular complexity index is 635. The van der Waals surface area contributed by atoms with Gasteiger partial charge in [-0.2, -0.15) is 0 Å². The molecule has 104 valence electrons. The summed E-state index contributed by atoms with van der Waals surface area (Å²) in [5.41, 5.74) is 3.50. The van der Waals surface area contributed by atoms with Gasteiger partial charge in [0.15, 0.2) is 5.11 Å². The van der Waals surface area contributed by atoms with Crippen molar-refractivity contribution in [1.82, 2.24) is 19.8 Å². The largest absolute Gasteiger partial charge is 0.352 e. The Labute approximate surface area is 124 Å². The molecule has 0 spiro atoms. The summed E-state index contributed by atoms with van der Waals surface area (Å²) in [4.78, 5) is 6.60. The van der Waals surface area contributed by atoms with Gasteiger partial charge < -0.3 is 14.8 Å². The molecule has 0 bridgehead atoms. The first kappa shape index (κ1) is 13.1. The third-order valence-electron chi connectivity index (χ3n) is 4.05. The van der Waals surface area contributed by atoms with E-state index in [1.165, 1.54) is 11.4 Å². The van der Waals surface area contributed by atoms with Crippen LogP contribution in [0.15, 0.2) is 36.5 Å². The predicted octanol–water partition coefficient (Wildman–Crippen LogP) is 2.33. The van der Waals surface area contributed by atoms with Crippen LogP contribution < -0.4 is 5.32 Å². The fourth-order valence-corrected chi connectivity index (χ4v) is 3.00. The first-order valence-corrected chi connectivity index (χ1v) is 7.07. The minimum Gasteiger partial charge on any atom is -0.352 e. The summed E-state index contributed by atoms with van der Waals surface area (Å²) in [6, 6.07) is 10.5. The number of rotatable bonds is 2. The van der Waals surface area contributed by atoms with Gasteiger partial charge in [-0.1, -0.05) is 6.07 Å². The lowest BCUT2D eigenvalue weighted by molar-refractivity contribution is 0.352. The third-order valence-corrected chi connectivity index (χ3v) is 4.46. The summed E-state index contributed by atoms with van der Waals surface area (Å²) in [7, 11) is 4.13. The number of nitrogens with one attached hydrogen (secondary N) is 1. The van der Waals surface area contributed by atoms with Gasteiger partial charge in [0.1, 0.15) is 0 Å². The van der Waals surface area contributed by atoms with Crippen LogP contribution in [0.2, 0.25) is 0 Å². The lowest BCUT2D eigenvalue weighted by Crippen LogP contribution is -2.25. The van der Waals surface area contributed by atoms with E-state index in [1.54, 1.807) is 0 Å². The molecule has 5 heteroatoms. The number of thiocarbonyl (C=S) groups is 1. The van der Waals surface area contributed by atoms with Crippen molar-refractivity contribution < 1.29 is 0 Å². The summed E-state index contributed by atoms with van der Waals surface area (Å²) in [6.07, 6.45) is 1.83. The average molecular weight is 286 g/mol. The zero-order chi connectivity index (χ0) is 14.3. The molecule has 1 aliphatic rings. The second kappa shape index (κ2) is 4.90. The Morgan fingerprint density at radius 1 is 1.20 bits per heavy atom. The van der Waals surface area contributed by atoms with Crippen molar-refractivity contribution >= 4 is 17.3 Å². The fraction of sp³-hybridized carbons (Fsp3) is 0.333. The second-order valence-electron chi connectivity index (χ2n) is 5.20. The zero-order valence-corrected chi connectivity index (χ0v) is 12.7. The molecule has 2 atom stereocenters. The summed E-state index contributed by atoms with van der Waals surface area (Å²) in [6.45, 7) is 2.11. The van der Waals surface area contributed by atoms with Gasteiger partial charge in [0.2, 0.25) is 0 Å². The molecule has 0 amide bonds. The number of aromatic nitrogens is 2. The van der Waals surface area contributed by atoms with Gasteiger partial charge in [-0.05, 0) is 43.4 Å². The zero-order valence-electron chi connectivity index (χ0n) is 11.9. The van der Waals surface area contributed by atoms with Gasteiger partial charge in [-0.25, -0.2) is 0 Å². The minimum absolute atomic E-state index is 0.0849. The average Bonchev–Trinajstić information content (AvgIpc) is 2.93. The standard InChI is InChI=1S/C15H18N4S/c1-10-7-8-12(18(10)2)14-13(17-15(20)19(14)3)11-6-4-5-9-16-11/h4-9,13-14H,1-3H3,(H,17,20)/t13-,14-/m0/s1. The molecule has 2 aromatic heterocycles. The molecule has 20 heavy (non-hydrogen) atoms. The monoisotopic (exact) mass is 286 g/mol. The highest BCUT2D eigenvalue weighted by Crippen LogP contribution is 2.37. The van der Waals surface area contributed by atoms with Crippen molar-refractivity contribution in [3.63, 3.8) is 0 Å². The van der Waals surface area contributed by atoms with Crippen molar-refractivity contribution in [2.45, 2.75) is 19.0 Å². The molecule has 0 unspecified atom stereocenters. The Balaban J connectivity index is 2.05. The Morgan fingerprint density at radius 2 is 2.00 bits per heavy atom. The van der Waals surface area contributed by atoms with Crippen LogP contribution in [-0.4, -0.2) is 26.6 Å². The number of likely N-dealkylation sites (N-methyl/N-ethyl adjacent to an activating group) is 1. The first-order valence-electron chi connectivity index (χ1n) is 6.66. The second-order valence-corrected chi connectivity index (χ2v) is 5.58. The molecule has 1 fully saturated rings. The van der Waals surface area contributed by atoms with Crippen molar-refractivity contribution in [2.24, 2.45) is 7.05 Å². The predicted molar refractivity (Wildman–Crippen MR) is 83.4 cm³/mol. The highest BCUT2D eigenvalue weighted by Gasteiger charge is 2.38. The Kier molecular flexibility index (Phi) is 3.22. The summed E-state index contributed by atoms with van der Waals surface area (Å²) < 4.78 is 2.22. The van der Waals surface area contributed by atoms with E-state index in [0.717, 1.165) is 10.8 Å². The molecule has 2 aromatic rings. The maximum Gasteiger partial charge on any atom is 0.169 e. The number of hydrogen-bond acceptors (Lipinski definition) is 2. The highest BCUT2D eigenvalue weighted by atomic mass is 32.1. The molecule has 1 saturated heterocycles. The van der Waals surface area contributed by atoms with Gasteiger partial charge >= 0.3 is 0 Å².